The van der Waals surface area contributed by atoms with Crippen LogP contribution in [0.25, 0.3) is 0 Å². The van der Waals surface area contributed by atoms with E-state index in [4.69, 9.17) is 0 Å². The first kappa shape index (κ1) is 32.5. The van der Waals surface area contributed by atoms with Crippen molar-refractivity contribution in [2.75, 3.05) is 36.8 Å². The number of hydrogen-bond acceptors (Lipinski definition) is 4. The summed E-state index contributed by atoms with van der Waals surface area (Å²) in [6.45, 7) is 10.5. The van der Waals surface area contributed by atoms with Crippen molar-refractivity contribution in [1.82, 2.24) is 9.80 Å². The minimum Gasteiger partial charge on any atom is -0.339 e. The first-order valence-electron chi connectivity index (χ1n) is 14.7. The molecule has 8 heteroatoms. The predicted molar refractivity (Wildman–Crippen MR) is 162 cm³/mol. The Morgan fingerprint density at radius 3 is 1.10 bits per heavy atom. The second kappa shape index (κ2) is 17.8. The fourth-order valence-corrected chi connectivity index (χ4v) is 4.50. The standard InChI is InChI=1S/C32H46N4O4/c1-5-35(6-2)31(39)25-17-21-27(22-18-25)33-29(37)15-13-11-9-10-12-14-16-30(38)34-28-23-19-26(20-24-28)32(40)36(7-3)8-4/h17-24H,5-16H2,1-4H3,(H,33,37)(H,34,38). The molecule has 0 saturated heterocycles. The number of rotatable bonds is 17. The van der Waals surface area contributed by atoms with E-state index in [0.29, 0.717) is 61.5 Å². The Kier molecular flexibility index (Phi) is 14.5. The smallest absolute Gasteiger partial charge is 0.253 e. The van der Waals surface area contributed by atoms with Crippen molar-refractivity contribution >= 4 is 35.0 Å². The summed E-state index contributed by atoms with van der Waals surface area (Å²) in [7, 11) is 0. The Labute approximate surface area is 239 Å². The van der Waals surface area contributed by atoms with Crippen LogP contribution in [0, 0.1) is 0 Å². The van der Waals surface area contributed by atoms with Gasteiger partial charge in [-0.1, -0.05) is 25.7 Å². The summed E-state index contributed by atoms with van der Waals surface area (Å²) in [6, 6.07) is 14.1. The molecule has 0 heterocycles. The van der Waals surface area contributed by atoms with Gasteiger partial charge >= 0.3 is 0 Å². The maximum atomic E-state index is 12.4. The summed E-state index contributed by atoms with van der Waals surface area (Å²) < 4.78 is 0. The minimum atomic E-state index is -0.0232. The molecule has 218 valence electrons. The van der Waals surface area contributed by atoms with Crippen LogP contribution in [0.3, 0.4) is 0 Å². The zero-order chi connectivity index (χ0) is 29.3. The zero-order valence-corrected chi connectivity index (χ0v) is 24.6. The third-order valence-corrected chi connectivity index (χ3v) is 6.99. The number of anilines is 2. The van der Waals surface area contributed by atoms with Crippen LogP contribution in [0.4, 0.5) is 11.4 Å². The quantitative estimate of drug-likeness (QED) is 0.224. The number of benzene rings is 2. The number of amides is 4. The molecule has 8 nitrogen and oxygen atoms in total. The topological polar surface area (TPSA) is 98.8 Å². The molecule has 0 fully saturated rings. The van der Waals surface area contributed by atoms with Gasteiger partial charge in [0.1, 0.15) is 0 Å². The highest BCUT2D eigenvalue weighted by Gasteiger charge is 2.13. The summed E-state index contributed by atoms with van der Waals surface area (Å²) in [5.74, 6) is -0.0493. The second-order valence-corrected chi connectivity index (χ2v) is 9.83. The summed E-state index contributed by atoms with van der Waals surface area (Å²) in [4.78, 5) is 52.8. The Bertz CT molecular complexity index is 988. The molecule has 4 amide bonds. The molecule has 2 N–H and O–H groups in total. The van der Waals surface area contributed by atoms with Gasteiger partial charge in [-0.25, -0.2) is 0 Å². The molecule has 2 rings (SSSR count). The van der Waals surface area contributed by atoms with Crippen molar-refractivity contribution in [3.05, 3.63) is 59.7 Å². The number of hydrogen-bond donors (Lipinski definition) is 2. The van der Waals surface area contributed by atoms with Crippen molar-refractivity contribution in [3.63, 3.8) is 0 Å². The van der Waals surface area contributed by atoms with Crippen LogP contribution in [-0.4, -0.2) is 59.6 Å². The molecule has 40 heavy (non-hydrogen) atoms. The first-order valence-corrected chi connectivity index (χ1v) is 14.7. The van der Waals surface area contributed by atoms with Crippen molar-refractivity contribution < 1.29 is 19.2 Å². The third kappa shape index (κ3) is 10.8. The van der Waals surface area contributed by atoms with Crippen molar-refractivity contribution in [2.24, 2.45) is 0 Å². The van der Waals surface area contributed by atoms with E-state index in [9.17, 15) is 19.2 Å². The Morgan fingerprint density at radius 2 is 0.800 bits per heavy atom. The third-order valence-electron chi connectivity index (χ3n) is 6.99. The molecule has 0 spiro atoms. The molecule has 0 unspecified atom stereocenters. The lowest BCUT2D eigenvalue weighted by Crippen LogP contribution is -2.30. The molecule has 0 aliphatic rings. The minimum absolute atomic E-state index is 0.00146. The molecular formula is C32H46N4O4. The maximum Gasteiger partial charge on any atom is 0.253 e. The largest absolute Gasteiger partial charge is 0.339 e. The molecule has 0 bridgehead atoms. The fourth-order valence-electron chi connectivity index (χ4n) is 4.50. The van der Waals surface area contributed by atoms with Crippen LogP contribution in [0.15, 0.2) is 48.5 Å². The van der Waals surface area contributed by atoms with Gasteiger partial charge in [0, 0.05) is 61.5 Å². The van der Waals surface area contributed by atoms with Gasteiger partial charge in [-0.05, 0) is 89.1 Å². The molecule has 2 aromatic carbocycles. The SMILES string of the molecule is CCN(CC)C(=O)c1ccc(NC(=O)CCCCCCCCC(=O)Nc2ccc(C(=O)N(CC)CC)cc2)cc1. The van der Waals surface area contributed by atoms with E-state index in [1.807, 2.05) is 27.7 Å². The van der Waals surface area contributed by atoms with Gasteiger partial charge in [0.25, 0.3) is 11.8 Å². The van der Waals surface area contributed by atoms with Gasteiger partial charge in [0.15, 0.2) is 0 Å². The van der Waals surface area contributed by atoms with Crippen LogP contribution in [0.1, 0.15) is 99.8 Å². The molecule has 0 aromatic heterocycles. The maximum absolute atomic E-state index is 12.4. The summed E-state index contributed by atoms with van der Waals surface area (Å²) in [6.07, 6.45) is 6.54. The van der Waals surface area contributed by atoms with Crippen molar-refractivity contribution in [2.45, 2.75) is 79.1 Å². The van der Waals surface area contributed by atoms with E-state index in [-0.39, 0.29) is 23.6 Å². The molecular weight excluding hydrogens is 504 g/mol. The predicted octanol–water partition coefficient (Wildman–Crippen LogP) is 6.35. The Morgan fingerprint density at radius 1 is 0.500 bits per heavy atom. The lowest BCUT2D eigenvalue weighted by molar-refractivity contribution is -0.117. The summed E-state index contributed by atoms with van der Waals surface area (Å²) >= 11 is 0. The first-order chi connectivity index (χ1) is 19.3. The van der Waals surface area contributed by atoms with Gasteiger partial charge in [-0.3, -0.25) is 19.2 Å². The van der Waals surface area contributed by atoms with E-state index in [0.717, 1.165) is 38.5 Å². The molecule has 0 saturated carbocycles. The van der Waals surface area contributed by atoms with Gasteiger partial charge in [-0.15, -0.1) is 0 Å². The van der Waals surface area contributed by atoms with Gasteiger partial charge in [0.05, 0.1) is 0 Å². The van der Waals surface area contributed by atoms with E-state index in [1.165, 1.54) is 0 Å². The number of nitrogens with zero attached hydrogens (tertiary/aromatic N) is 2. The Balaban J connectivity index is 1.56. The lowest BCUT2D eigenvalue weighted by Gasteiger charge is -2.18. The zero-order valence-electron chi connectivity index (χ0n) is 24.6. The molecule has 0 atom stereocenters. The number of unbranched alkanes of at least 4 members (excludes halogenated alkanes) is 5. The number of carbonyl (C=O) groups is 4. The molecule has 0 radical (unpaired) electrons. The molecule has 0 aliphatic carbocycles. The summed E-state index contributed by atoms with van der Waals surface area (Å²) in [5.41, 5.74) is 2.64. The van der Waals surface area contributed by atoms with Crippen molar-refractivity contribution in [1.29, 1.82) is 0 Å². The van der Waals surface area contributed by atoms with Gasteiger partial charge in [0.2, 0.25) is 11.8 Å². The van der Waals surface area contributed by atoms with E-state index < -0.39 is 0 Å². The van der Waals surface area contributed by atoms with Crippen LogP contribution in [-0.2, 0) is 9.59 Å². The summed E-state index contributed by atoms with van der Waals surface area (Å²) in [5, 5.41) is 5.80. The van der Waals surface area contributed by atoms with Gasteiger partial charge < -0.3 is 20.4 Å². The Hall–Kier alpha value is -3.68. The van der Waals surface area contributed by atoms with E-state index >= 15 is 0 Å². The average molecular weight is 551 g/mol. The highest BCUT2D eigenvalue weighted by molar-refractivity contribution is 5.96. The highest BCUT2D eigenvalue weighted by Crippen LogP contribution is 2.15. The monoisotopic (exact) mass is 550 g/mol. The van der Waals surface area contributed by atoms with Crippen LogP contribution in [0.5, 0.6) is 0 Å². The van der Waals surface area contributed by atoms with Crippen LogP contribution < -0.4 is 10.6 Å². The number of carbonyl (C=O) groups excluding carboxylic acids is 4. The fraction of sp³-hybridized carbons (Fsp3) is 0.500. The highest BCUT2D eigenvalue weighted by atomic mass is 16.2. The molecule has 0 aliphatic heterocycles. The number of nitrogens with one attached hydrogen (secondary N) is 2. The molecule has 2 aromatic rings. The van der Waals surface area contributed by atoms with Crippen molar-refractivity contribution in [3.8, 4) is 0 Å². The average Bonchev–Trinajstić information content (AvgIpc) is 2.96. The van der Waals surface area contributed by atoms with E-state index in [2.05, 4.69) is 10.6 Å². The van der Waals surface area contributed by atoms with Gasteiger partial charge in [-0.2, -0.15) is 0 Å². The van der Waals surface area contributed by atoms with Crippen LogP contribution >= 0.6 is 0 Å². The lowest BCUT2D eigenvalue weighted by atomic mass is 10.1. The van der Waals surface area contributed by atoms with Crippen LogP contribution in [0.2, 0.25) is 0 Å². The normalized spacial score (nSPS) is 10.6. The van der Waals surface area contributed by atoms with E-state index in [1.54, 1.807) is 58.3 Å². The second-order valence-electron chi connectivity index (χ2n) is 9.83.